The summed E-state index contributed by atoms with van der Waals surface area (Å²) in [5, 5.41) is 9.94. The van der Waals surface area contributed by atoms with E-state index < -0.39 is 0 Å². The first kappa shape index (κ1) is 27.7. The molecule has 3 N–H and O–H groups in total. The lowest BCUT2D eigenvalue weighted by Gasteiger charge is -2.32. The average molecular weight is 572 g/mol. The van der Waals surface area contributed by atoms with Gasteiger partial charge in [0.25, 0.3) is 0 Å². The second kappa shape index (κ2) is 15.4. The third-order valence-corrected chi connectivity index (χ3v) is 6.30. The van der Waals surface area contributed by atoms with Gasteiger partial charge in [0.2, 0.25) is 5.91 Å². The molecule has 0 spiro atoms. The molecule has 0 bridgehead atoms. The smallest absolute Gasteiger partial charge is 0.234 e. The Hall–Kier alpha value is -1.55. The monoisotopic (exact) mass is 571 g/mol. The summed E-state index contributed by atoms with van der Waals surface area (Å²) < 4.78 is 6.20. The Bertz CT molecular complexity index is 731. The molecule has 2 aliphatic rings. The number of amides is 1. The molecule has 7 nitrogen and oxygen atoms in total. The van der Waals surface area contributed by atoms with Crippen molar-refractivity contribution in [2.24, 2.45) is 4.99 Å². The maximum absolute atomic E-state index is 11.9. The molecule has 0 unspecified atom stereocenters. The number of benzene rings is 1. The highest BCUT2D eigenvalue weighted by atomic mass is 127. The zero-order valence-corrected chi connectivity index (χ0v) is 22.6. The molecule has 1 aromatic rings. The number of carbonyl (C=O) groups is 1. The van der Waals surface area contributed by atoms with Crippen molar-refractivity contribution in [2.75, 3.05) is 33.2 Å². The van der Waals surface area contributed by atoms with E-state index in [1.807, 2.05) is 7.05 Å². The highest BCUT2D eigenvalue weighted by molar-refractivity contribution is 14.0. The summed E-state index contributed by atoms with van der Waals surface area (Å²) in [7, 11) is 1.81. The van der Waals surface area contributed by atoms with E-state index in [-0.39, 0.29) is 29.9 Å². The van der Waals surface area contributed by atoms with E-state index in [1.165, 1.54) is 37.7 Å². The molecular weight excluding hydrogens is 529 g/mol. The summed E-state index contributed by atoms with van der Waals surface area (Å²) in [5.41, 5.74) is 1.19. The van der Waals surface area contributed by atoms with Crippen molar-refractivity contribution in [3.05, 3.63) is 29.8 Å². The minimum atomic E-state index is 0. The molecule has 0 aromatic heterocycles. The van der Waals surface area contributed by atoms with Crippen molar-refractivity contribution in [3.8, 4) is 5.75 Å². The van der Waals surface area contributed by atoms with Gasteiger partial charge in [0.15, 0.2) is 5.96 Å². The molecule has 1 saturated heterocycles. The highest BCUT2D eigenvalue weighted by Crippen LogP contribution is 2.24. The van der Waals surface area contributed by atoms with Crippen molar-refractivity contribution in [3.63, 3.8) is 0 Å². The number of rotatable bonds is 9. The third kappa shape index (κ3) is 10.1. The molecular formula is C25H42IN5O2. The first-order valence-electron chi connectivity index (χ1n) is 12.4. The lowest BCUT2D eigenvalue weighted by atomic mass is 9.98. The number of aliphatic imine (C=N–C) groups is 1. The lowest BCUT2D eigenvalue weighted by Crippen LogP contribution is -2.50. The average Bonchev–Trinajstić information content (AvgIpc) is 2.82. The van der Waals surface area contributed by atoms with Crippen LogP contribution in [0.1, 0.15) is 63.9 Å². The number of carbonyl (C=O) groups excluding carboxylic acids is 1. The molecule has 3 rings (SSSR count). The number of guanidine groups is 1. The van der Waals surface area contributed by atoms with Gasteiger partial charge in [-0.2, -0.15) is 0 Å². The number of hydrogen-bond acceptors (Lipinski definition) is 4. The maximum atomic E-state index is 11.9. The van der Waals surface area contributed by atoms with E-state index in [0.29, 0.717) is 25.2 Å². The van der Waals surface area contributed by atoms with E-state index in [4.69, 9.17) is 4.74 Å². The molecule has 8 heteroatoms. The van der Waals surface area contributed by atoms with Gasteiger partial charge in [-0.05, 0) is 62.6 Å². The number of piperidine rings is 1. The van der Waals surface area contributed by atoms with Crippen molar-refractivity contribution in [2.45, 2.75) is 77.0 Å². The summed E-state index contributed by atoms with van der Waals surface area (Å²) in [4.78, 5) is 18.6. The van der Waals surface area contributed by atoms with E-state index in [1.54, 1.807) is 0 Å². The maximum Gasteiger partial charge on any atom is 0.234 e. The van der Waals surface area contributed by atoms with Gasteiger partial charge < -0.3 is 20.7 Å². The summed E-state index contributed by atoms with van der Waals surface area (Å²) in [6.45, 7) is 5.88. The van der Waals surface area contributed by atoms with Gasteiger partial charge in [-0.25, -0.2) is 0 Å². The van der Waals surface area contributed by atoms with Crippen LogP contribution < -0.4 is 20.7 Å². The van der Waals surface area contributed by atoms with E-state index in [0.717, 1.165) is 50.6 Å². The molecule has 186 valence electrons. The number of nitrogens with zero attached hydrogens (tertiary/aromatic N) is 2. The van der Waals surface area contributed by atoms with Crippen LogP contribution in [-0.2, 0) is 11.3 Å². The quantitative estimate of drug-likeness (QED) is 0.240. The van der Waals surface area contributed by atoms with Crippen LogP contribution >= 0.6 is 24.0 Å². The highest BCUT2D eigenvalue weighted by Gasteiger charge is 2.21. The molecule has 0 atom stereocenters. The summed E-state index contributed by atoms with van der Waals surface area (Å²) in [6, 6.07) is 8.75. The first-order valence-corrected chi connectivity index (χ1v) is 12.4. The fraction of sp³-hybridized carbons (Fsp3) is 0.680. The van der Waals surface area contributed by atoms with Gasteiger partial charge in [0.05, 0.1) is 12.6 Å². The third-order valence-electron chi connectivity index (χ3n) is 6.30. The number of halogens is 1. The number of hydrogen-bond donors (Lipinski definition) is 3. The molecule has 1 amide bonds. The van der Waals surface area contributed by atoms with Crippen LogP contribution in [0.4, 0.5) is 0 Å². The topological polar surface area (TPSA) is 78.0 Å². The van der Waals surface area contributed by atoms with Gasteiger partial charge in [-0.1, -0.05) is 25.5 Å². The molecule has 1 saturated carbocycles. The van der Waals surface area contributed by atoms with Gasteiger partial charge >= 0.3 is 0 Å². The Morgan fingerprint density at radius 2 is 1.88 bits per heavy atom. The normalized spacial score (nSPS) is 18.3. The van der Waals surface area contributed by atoms with Gasteiger partial charge in [0.1, 0.15) is 5.75 Å². The van der Waals surface area contributed by atoms with Crippen molar-refractivity contribution in [1.82, 2.24) is 20.9 Å². The molecule has 1 heterocycles. The first-order chi connectivity index (χ1) is 15.7. The fourth-order valence-electron chi connectivity index (χ4n) is 4.44. The number of ether oxygens (including phenoxy) is 1. The van der Waals surface area contributed by atoms with Crippen molar-refractivity contribution in [1.29, 1.82) is 0 Å². The van der Waals surface area contributed by atoms with Crippen LogP contribution in [0.5, 0.6) is 5.75 Å². The summed E-state index contributed by atoms with van der Waals surface area (Å²) >= 11 is 0. The lowest BCUT2D eigenvalue weighted by molar-refractivity contribution is -0.122. The van der Waals surface area contributed by atoms with E-state index in [9.17, 15) is 4.79 Å². The Morgan fingerprint density at radius 1 is 1.12 bits per heavy atom. The Morgan fingerprint density at radius 3 is 2.58 bits per heavy atom. The predicted molar refractivity (Wildman–Crippen MR) is 145 cm³/mol. The van der Waals surface area contributed by atoms with Crippen LogP contribution in [0, 0.1) is 0 Å². The largest absolute Gasteiger partial charge is 0.490 e. The van der Waals surface area contributed by atoms with Gasteiger partial charge in [-0.15, -0.1) is 24.0 Å². The van der Waals surface area contributed by atoms with Crippen LogP contribution in [-0.4, -0.2) is 62.1 Å². The van der Waals surface area contributed by atoms with E-state index >= 15 is 0 Å². The summed E-state index contributed by atoms with van der Waals surface area (Å²) in [5.74, 6) is 1.92. The minimum absolute atomic E-state index is 0. The Kier molecular flexibility index (Phi) is 12.9. The standard InChI is InChI=1S/C25H41N5O2.HI/c1-3-14-27-24(31)19-30-15-12-21(13-16-30)29-25(26-2)28-18-20-8-7-11-23(17-20)32-22-9-5-4-6-10-22;/h7-8,11,17,21-22H,3-6,9-10,12-16,18-19H2,1-2H3,(H,27,31)(H2,26,28,29);1H. The zero-order valence-electron chi connectivity index (χ0n) is 20.3. The minimum Gasteiger partial charge on any atom is -0.490 e. The molecule has 33 heavy (non-hydrogen) atoms. The summed E-state index contributed by atoms with van der Waals surface area (Å²) in [6.07, 6.45) is 9.58. The zero-order chi connectivity index (χ0) is 22.6. The molecule has 1 aliphatic carbocycles. The second-order valence-corrected chi connectivity index (χ2v) is 9.00. The molecule has 2 fully saturated rings. The van der Waals surface area contributed by atoms with Gasteiger partial charge in [0, 0.05) is 39.3 Å². The van der Waals surface area contributed by atoms with Crippen molar-refractivity contribution >= 4 is 35.8 Å². The van der Waals surface area contributed by atoms with Crippen molar-refractivity contribution < 1.29 is 9.53 Å². The second-order valence-electron chi connectivity index (χ2n) is 9.00. The van der Waals surface area contributed by atoms with Crippen LogP contribution in [0.3, 0.4) is 0 Å². The SMILES string of the molecule is CCCNC(=O)CN1CCC(NC(=NC)NCc2cccc(OC3CCCCC3)c2)CC1.I. The molecule has 1 aliphatic heterocycles. The van der Waals surface area contributed by atoms with E-state index in [2.05, 4.69) is 57.0 Å². The number of likely N-dealkylation sites (tertiary alicyclic amines) is 1. The van der Waals surface area contributed by atoms with Crippen LogP contribution in [0.15, 0.2) is 29.3 Å². The van der Waals surface area contributed by atoms with Crippen LogP contribution in [0.25, 0.3) is 0 Å². The fourth-order valence-corrected chi connectivity index (χ4v) is 4.44. The molecule has 1 aromatic carbocycles. The Balaban J connectivity index is 0.00000385. The predicted octanol–water partition coefficient (Wildman–Crippen LogP) is 3.67. The van der Waals surface area contributed by atoms with Crippen LogP contribution in [0.2, 0.25) is 0 Å². The Labute approximate surface area is 216 Å². The number of nitrogens with one attached hydrogen (secondary N) is 3. The molecule has 0 radical (unpaired) electrons. The van der Waals surface area contributed by atoms with Gasteiger partial charge in [-0.3, -0.25) is 14.7 Å².